The van der Waals surface area contributed by atoms with Gasteiger partial charge in [-0.05, 0) is 34.9 Å². The van der Waals surface area contributed by atoms with Gasteiger partial charge in [0, 0.05) is 17.9 Å². The molecular weight excluding hydrogens is 392 g/mol. The summed E-state index contributed by atoms with van der Waals surface area (Å²) in [4.78, 5) is 35.0. The van der Waals surface area contributed by atoms with Crippen LogP contribution in [0, 0.1) is 0 Å². The first-order chi connectivity index (χ1) is 14.0. The smallest absolute Gasteiger partial charge is 0.314 e. The van der Waals surface area contributed by atoms with Crippen LogP contribution in [0.15, 0.2) is 59.7 Å². The Hall–Kier alpha value is -3.25. The van der Waals surface area contributed by atoms with Crippen LogP contribution in [0.5, 0.6) is 0 Å². The molecule has 0 aromatic heterocycles. The SMILES string of the molecule is O=C(C=Cc1ccccc1Cl)CC(=O)OCc1ccc(C2=NNC(=O)CC2)cc1. The van der Waals surface area contributed by atoms with Crippen molar-refractivity contribution in [2.75, 3.05) is 0 Å². The van der Waals surface area contributed by atoms with Crippen molar-refractivity contribution in [2.45, 2.75) is 25.9 Å². The quantitative estimate of drug-likeness (QED) is 0.428. The highest BCUT2D eigenvalue weighted by Crippen LogP contribution is 2.16. The molecule has 3 rings (SSSR count). The van der Waals surface area contributed by atoms with Crippen LogP contribution in [-0.2, 0) is 25.7 Å². The molecular formula is C22H19ClN2O4. The molecule has 148 valence electrons. The van der Waals surface area contributed by atoms with Gasteiger partial charge < -0.3 is 4.74 Å². The number of nitrogens with zero attached hydrogens (tertiary/aromatic N) is 1. The number of nitrogens with one attached hydrogen (secondary N) is 1. The average molecular weight is 411 g/mol. The Balaban J connectivity index is 1.47. The minimum absolute atomic E-state index is 0.0732. The second kappa shape index (κ2) is 9.80. The van der Waals surface area contributed by atoms with Crippen molar-refractivity contribution in [2.24, 2.45) is 5.10 Å². The lowest BCUT2D eigenvalue weighted by atomic mass is 10.0. The Bertz CT molecular complexity index is 981. The molecule has 0 saturated heterocycles. The van der Waals surface area contributed by atoms with Crippen LogP contribution in [0.2, 0.25) is 5.02 Å². The molecule has 1 N–H and O–H groups in total. The molecule has 0 atom stereocenters. The second-order valence-electron chi connectivity index (χ2n) is 6.45. The summed E-state index contributed by atoms with van der Waals surface area (Å²) in [5.74, 6) is -1.04. The monoisotopic (exact) mass is 410 g/mol. The molecule has 2 aromatic carbocycles. The summed E-state index contributed by atoms with van der Waals surface area (Å²) in [6, 6.07) is 14.5. The number of ketones is 1. The van der Waals surface area contributed by atoms with Crippen molar-refractivity contribution in [3.8, 4) is 0 Å². The number of amides is 1. The van der Waals surface area contributed by atoms with Crippen LogP contribution in [0.1, 0.15) is 36.0 Å². The van der Waals surface area contributed by atoms with E-state index in [4.69, 9.17) is 16.3 Å². The number of halogens is 1. The molecule has 6 nitrogen and oxygen atoms in total. The molecule has 1 amide bonds. The summed E-state index contributed by atoms with van der Waals surface area (Å²) in [7, 11) is 0. The molecule has 29 heavy (non-hydrogen) atoms. The van der Waals surface area contributed by atoms with E-state index in [0.717, 1.165) is 16.8 Å². The number of hydrogen-bond donors (Lipinski definition) is 1. The first kappa shape index (κ1) is 20.5. The highest BCUT2D eigenvalue weighted by molar-refractivity contribution is 6.32. The molecule has 0 saturated carbocycles. The van der Waals surface area contributed by atoms with Gasteiger partial charge in [-0.25, -0.2) is 5.43 Å². The van der Waals surface area contributed by atoms with Gasteiger partial charge in [-0.15, -0.1) is 0 Å². The Kier molecular flexibility index (Phi) is 6.92. The van der Waals surface area contributed by atoms with Crippen molar-refractivity contribution in [3.05, 3.63) is 76.3 Å². The largest absolute Gasteiger partial charge is 0.460 e. The fourth-order valence-corrected chi connectivity index (χ4v) is 2.88. The number of hydrogen-bond acceptors (Lipinski definition) is 5. The molecule has 0 radical (unpaired) electrons. The van der Waals surface area contributed by atoms with Gasteiger partial charge >= 0.3 is 5.97 Å². The molecule has 1 heterocycles. The van der Waals surface area contributed by atoms with Crippen LogP contribution in [0.3, 0.4) is 0 Å². The zero-order chi connectivity index (χ0) is 20.6. The van der Waals surface area contributed by atoms with E-state index in [1.54, 1.807) is 24.3 Å². The van der Waals surface area contributed by atoms with Gasteiger partial charge in [0.05, 0.1) is 5.71 Å². The first-order valence-electron chi connectivity index (χ1n) is 9.07. The van der Waals surface area contributed by atoms with E-state index in [2.05, 4.69) is 10.5 Å². The third-order valence-corrected chi connectivity index (χ3v) is 4.61. The van der Waals surface area contributed by atoms with Crippen LogP contribution < -0.4 is 5.43 Å². The van der Waals surface area contributed by atoms with Crippen molar-refractivity contribution in [1.82, 2.24) is 5.43 Å². The zero-order valence-electron chi connectivity index (χ0n) is 15.6. The van der Waals surface area contributed by atoms with E-state index in [0.29, 0.717) is 23.4 Å². The summed E-state index contributed by atoms with van der Waals surface area (Å²) in [6.07, 6.45) is 3.56. The predicted octanol–water partition coefficient (Wildman–Crippen LogP) is 3.67. The number of carbonyl (C=O) groups is 3. The molecule has 0 aliphatic carbocycles. The van der Waals surface area contributed by atoms with Gasteiger partial charge in [0.25, 0.3) is 0 Å². The number of carbonyl (C=O) groups excluding carboxylic acids is 3. The maximum absolute atomic E-state index is 11.9. The molecule has 1 aliphatic rings. The van der Waals surface area contributed by atoms with Gasteiger partial charge in [0.1, 0.15) is 13.0 Å². The Morgan fingerprint density at radius 1 is 1.10 bits per heavy atom. The molecule has 0 spiro atoms. The zero-order valence-corrected chi connectivity index (χ0v) is 16.3. The van der Waals surface area contributed by atoms with E-state index in [9.17, 15) is 14.4 Å². The highest BCUT2D eigenvalue weighted by atomic mass is 35.5. The van der Waals surface area contributed by atoms with Gasteiger partial charge in [0.2, 0.25) is 5.91 Å². The highest BCUT2D eigenvalue weighted by Gasteiger charge is 2.13. The molecule has 0 bridgehead atoms. The summed E-state index contributed by atoms with van der Waals surface area (Å²) in [5, 5.41) is 4.57. The molecule has 7 heteroatoms. The van der Waals surface area contributed by atoms with Crippen LogP contribution >= 0.6 is 11.6 Å². The summed E-state index contributed by atoms with van der Waals surface area (Å²) in [6.45, 7) is 0.0732. The summed E-state index contributed by atoms with van der Waals surface area (Å²) < 4.78 is 5.17. The fraction of sp³-hybridized carbons (Fsp3) is 0.182. The maximum atomic E-state index is 11.9. The Morgan fingerprint density at radius 3 is 2.55 bits per heavy atom. The van der Waals surface area contributed by atoms with Crippen molar-refractivity contribution >= 4 is 41.0 Å². The average Bonchev–Trinajstić information content (AvgIpc) is 2.73. The number of allylic oxidation sites excluding steroid dienone is 1. The second-order valence-corrected chi connectivity index (χ2v) is 6.86. The van der Waals surface area contributed by atoms with E-state index in [1.807, 2.05) is 30.3 Å². The Labute approximate surface area is 173 Å². The van der Waals surface area contributed by atoms with Gasteiger partial charge in [-0.1, -0.05) is 54.1 Å². The summed E-state index contributed by atoms with van der Waals surface area (Å²) >= 11 is 6.02. The number of hydrazone groups is 1. The first-order valence-corrected chi connectivity index (χ1v) is 9.45. The topological polar surface area (TPSA) is 84.8 Å². The van der Waals surface area contributed by atoms with E-state index < -0.39 is 5.97 Å². The maximum Gasteiger partial charge on any atom is 0.314 e. The normalized spacial score (nSPS) is 13.7. The standard InChI is InChI=1S/C22H19ClN2O4/c23-19-4-2-1-3-16(19)9-10-18(26)13-22(28)29-14-15-5-7-17(8-6-15)20-11-12-21(27)25-24-20/h1-10H,11-14H2,(H,25,27). The summed E-state index contributed by atoms with van der Waals surface area (Å²) in [5.41, 5.74) is 5.67. The lowest BCUT2D eigenvalue weighted by molar-refractivity contribution is -0.146. The molecule has 1 aliphatic heterocycles. The van der Waals surface area contributed by atoms with Gasteiger partial charge in [-0.3, -0.25) is 14.4 Å². The third-order valence-electron chi connectivity index (χ3n) is 4.26. The van der Waals surface area contributed by atoms with Crippen LogP contribution in [-0.4, -0.2) is 23.4 Å². The molecule has 2 aromatic rings. The third kappa shape index (κ3) is 6.12. The van der Waals surface area contributed by atoms with E-state index in [1.165, 1.54) is 6.08 Å². The number of esters is 1. The minimum atomic E-state index is -0.595. The molecule has 0 unspecified atom stereocenters. The Morgan fingerprint density at radius 2 is 1.86 bits per heavy atom. The predicted molar refractivity (Wildman–Crippen MR) is 110 cm³/mol. The number of ether oxygens (including phenoxy) is 1. The van der Waals surface area contributed by atoms with Crippen LogP contribution in [0.25, 0.3) is 6.08 Å². The lowest BCUT2D eigenvalue weighted by Gasteiger charge is -2.12. The van der Waals surface area contributed by atoms with Crippen LogP contribution in [0.4, 0.5) is 0 Å². The van der Waals surface area contributed by atoms with Gasteiger partial charge in [0.15, 0.2) is 5.78 Å². The molecule has 0 fully saturated rings. The van der Waals surface area contributed by atoms with Crippen molar-refractivity contribution in [3.63, 3.8) is 0 Å². The van der Waals surface area contributed by atoms with E-state index >= 15 is 0 Å². The minimum Gasteiger partial charge on any atom is -0.460 e. The lowest BCUT2D eigenvalue weighted by Crippen LogP contribution is -2.25. The fourth-order valence-electron chi connectivity index (χ4n) is 2.68. The van der Waals surface area contributed by atoms with Gasteiger partial charge in [-0.2, -0.15) is 5.10 Å². The van der Waals surface area contributed by atoms with Crippen molar-refractivity contribution in [1.29, 1.82) is 0 Å². The van der Waals surface area contributed by atoms with E-state index in [-0.39, 0.29) is 24.7 Å². The van der Waals surface area contributed by atoms with Crippen molar-refractivity contribution < 1.29 is 19.1 Å². The number of rotatable bonds is 7. The number of benzene rings is 2.